The second-order valence-electron chi connectivity index (χ2n) is 3.09. The van der Waals surface area contributed by atoms with E-state index in [2.05, 4.69) is 15.0 Å². The Labute approximate surface area is 96.1 Å². The zero-order valence-corrected chi connectivity index (χ0v) is 9.41. The van der Waals surface area contributed by atoms with Gasteiger partial charge < -0.3 is 5.73 Å². The van der Waals surface area contributed by atoms with E-state index >= 15 is 0 Å². The zero-order chi connectivity index (χ0) is 11.5. The number of benzene rings is 1. The van der Waals surface area contributed by atoms with E-state index in [0.717, 1.165) is 10.5 Å². The molecule has 0 saturated carbocycles. The first-order valence-corrected chi connectivity index (χ1v) is 5.80. The standard InChI is InChI=1S/C10H10N4OS/c1-16-7-4-2-6(3-5-7)8-12-9(11)14-10(15)13-8/h2-5H,1H3,(H3,11,12,13,14,15). The fraction of sp³-hybridized carbons (Fsp3) is 0.100. The van der Waals surface area contributed by atoms with Crippen LogP contribution in [0, 0.1) is 0 Å². The molecule has 1 aromatic heterocycles. The second kappa shape index (κ2) is 4.36. The molecule has 1 aromatic carbocycles. The van der Waals surface area contributed by atoms with Gasteiger partial charge in [0, 0.05) is 10.5 Å². The number of anilines is 1. The van der Waals surface area contributed by atoms with Crippen LogP contribution in [-0.2, 0) is 0 Å². The summed E-state index contributed by atoms with van der Waals surface area (Å²) in [6.45, 7) is 0. The molecule has 0 radical (unpaired) electrons. The predicted molar refractivity (Wildman–Crippen MR) is 64.3 cm³/mol. The van der Waals surface area contributed by atoms with Crippen molar-refractivity contribution in [3.05, 3.63) is 34.7 Å². The van der Waals surface area contributed by atoms with E-state index in [4.69, 9.17) is 5.73 Å². The van der Waals surface area contributed by atoms with Gasteiger partial charge in [-0.15, -0.1) is 11.8 Å². The molecule has 0 atom stereocenters. The highest BCUT2D eigenvalue weighted by atomic mass is 32.2. The molecule has 5 nitrogen and oxygen atoms in total. The molecule has 1 heterocycles. The number of nitrogens with two attached hydrogens (primary N) is 1. The molecule has 0 aliphatic rings. The summed E-state index contributed by atoms with van der Waals surface area (Å²) in [7, 11) is 0. The predicted octanol–water partition coefficient (Wildman–Crippen LogP) is 1.14. The number of rotatable bonds is 2. The monoisotopic (exact) mass is 234 g/mol. The lowest BCUT2D eigenvalue weighted by molar-refractivity contribution is 1.01. The summed E-state index contributed by atoms with van der Waals surface area (Å²) in [5, 5.41) is 0. The van der Waals surface area contributed by atoms with E-state index in [1.165, 1.54) is 0 Å². The van der Waals surface area contributed by atoms with Crippen molar-refractivity contribution in [3.63, 3.8) is 0 Å². The van der Waals surface area contributed by atoms with Crippen LogP contribution in [0.2, 0.25) is 0 Å². The van der Waals surface area contributed by atoms with Crippen LogP contribution in [0.4, 0.5) is 5.95 Å². The topological polar surface area (TPSA) is 84.7 Å². The summed E-state index contributed by atoms with van der Waals surface area (Å²) in [6.07, 6.45) is 2.00. The summed E-state index contributed by atoms with van der Waals surface area (Å²) in [4.78, 5) is 22.2. The maximum atomic E-state index is 11.1. The molecule has 82 valence electrons. The maximum Gasteiger partial charge on any atom is 0.349 e. The highest BCUT2D eigenvalue weighted by molar-refractivity contribution is 7.98. The summed E-state index contributed by atoms with van der Waals surface area (Å²) >= 11 is 1.65. The molecule has 6 heteroatoms. The van der Waals surface area contributed by atoms with Crippen LogP contribution < -0.4 is 11.4 Å². The number of hydrogen-bond donors (Lipinski definition) is 2. The van der Waals surface area contributed by atoms with Gasteiger partial charge in [-0.1, -0.05) is 12.1 Å². The SMILES string of the molecule is CSc1ccc(-c2nc(N)nc(=O)[nH]2)cc1. The molecule has 3 N–H and O–H groups in total. The van der Waals surface area contributed by atoms with Crippen molar-refractivity contribution in [2.75, 3.05) is 12.0 Å². The van der Waals surface area contributed by atoms with E-state index < -0.39 is 5.69 Å². The summed E-state index contributed by atoms with van der Waals surface area (Å²) in [6, 6.07) is 7.67. The first-order valence-electron chi connectivity index (χ1n) is 4.57. The van der Waals surface area contributed by atoms with Gasteiger partial charge in [0.05, 0.1) is 0 Å². The molecule has 0 amide bonds. The van der Waals surface area contributed by atoms with Gasteiger partial charge in [-0.3, -0.25) is 4.98 Å². The van der Waals surface area contributed by atoms with Gasteiger partial charge in [-0.25, -0.2) is 4.79 Å². The lowest BCUT2D eigenvalue weighted by Gasteiger charge is -2.01. The number of aromatic nitrogens is 3. The molecule has 16 heavy (non-hydrogen) atoms. The molecule has 0 unspecified atom stereocenters. The number of aromatic amines is 1. The summed E-state index contributed by atoms with van der Waals surface area (Å²) in [5.41, 5.74) is 5.73. The Kier molecular flexibility index (Phi) is 2.91. The van der Waals surface area contributed by atoms with E-state index in [1.807, 2.05) is 30.5 Å². The van der Waals surface area contributed by atoms with E-state index in [-0.39, 0.29) is 5.95 Å². The van der Waals surface area contributed by atoms with Crippen molar-refractivity contribution in [3.8, 4) is 11.4 Å². The number of nitrogens with zero attached hydrogens (tertiary/aromatic N) is 2. The van der Waals surface area contributed by atoms with Gasteiger partial charge in [0.2, 0.25) is 5.95 Å². The molecule has 0 saturated heterocycles. The Morgan fingerprint density at radius 1 is 1.25 bits per heavy atom. The molecule has 2 rings (SSSR count). The normalized spacial score (nSPS) is 10.3. The third-order valence-corrected chi connectivity index (χ3v) is 2.77. The number of H-pyrrole nitrogens is 1. The number of thioether (sulfide) groups is 1. The van der Waals surface area contributed by atoms with Crippen LogP contribution in [0.15, 0.2) is 34.0 Å². The largest absolute Gasteiger partial charge is 0.368 e. The van der Waals surface area contributed by atoms with Gasteiger partial charge in [0.15, 0.2) is 0 Å². The van der Waals surface area contributed by atoms with Gasteiger partial charge in [-0.2, -0.15) is 9.97 Å². The van der Waals surface area contributed by atoms with E-state index in [0.29, 0.717) is 5.82 Å². The number of nitrogen functional groups attached to an aromatic ring is 1. The molecule has 2 aromatic rings. The van der Waals surface area contributed by atoms with Crippen molar-refractivity contribution in [1.82, 2.24) is 15.0 Å². The Morgan fingerprint density at radius 3 is 2.50 bits per heavy atom. The van der Waals surface area contributed by atoms with Gasteiger partial charge in [0.1, 0.15) is 5.82 Å². The molecule has 0 aliphatic carbocycles. The second-order valence-corrected chi connectivity index (χ2v) is 3.97. The molecular formula is C10H10N4OS. The highest BCUT2D eigenvalue weighted by Crippen LogP contribution is 2.19. The zero-order valence-electron chi connectivity index (χ0n) is 8.60. The van der Waals surface area contributed by atoms with Gasteiger partial charge in [-0.05, 0) is 18.4 Å². The van der Waals surface area contributed by atoms with Crippen molar-refractivity contribution in [1.29, 1.82) is 0 Å². The minimum Gasteiger partial charge on any atom is -0.368 e. The Morgan fingerprint density at radius 2 is 1.94 bits per heavy atom. The van der Waals surface area contributed by atoms with Crippen LogP contribution in [0.1, 0.15) is 0 Å². The number of hydrogen-bond acceptors (Lipinski definition) is 5. The molecular weight excluding hydrogens is 224 g/mol. The van der Waals surface area contributed by atoms with Crippen LogP contribution in [0.25, 0.3) is 11.4 Å². The lowest BCUT2D eigenvalue weighted by atomic mass is 10.2. The first-order chi connectivity index (χ1) is 7.69. The quantitative estimate of drug-likeness (QED) is 0.761. The van der Waals surface area contributed by atoms with Gasteiger partial charge >= 0.3 is 5.69 Å². The third kappa shape index (κ3) is 2.22. The first kappa shape index (κ1) is 10.7. The molecule has 0 bridgehead atoms. The molecule has 0 spiro atoms. The van der Waals surface area contributed by atoms with Crippen molar-refractivity contribution in [2.24, 2.45) is 0 Å². The Bertz CT molecular complexity index is 549. The van der Waals surface area contributed by atoms with Crippen LogP contribution in [-0.4, -0.2) is 21.2 Å². The summed E-state index contributed by atoms with van der Waals surface area (Å²) < 4.78 is 0. The van der Waals surface area contributed by atoms with Crippen molar-refractivity contribution >= 4 is 17.7 Å². The average Bonchev–Trinajstić information content (AvgIpc) is 2.28. The van der Waals surface area contributed by atoms with Crippen LogP contribution >= 0.6 is 11.8 Å². The third-order valence-electron chi connectivity index (χ3n) is 2.03. The minimum absolute atomic E-state index is 0.0207. The van der Waals surface area contributed by atoms with Crippen LogP contribution in [0.5, 0.6) is 0 Å². The van der Waals surface area contributed by atoms with E-state index in [9.17, 15) is 4.79 Å². The van der Waals surface area contributed by atoms with E-state index in [1.54, 1.807) is 11.8 Å². The molecule has 0 fully saturated rings. The minimum atomic E-state index is -0.489. The highest BCUT2D eigenvalue weighted by Gasteiger charge is 2.02. The Balaban J connectivity index is 2.46. The lowest BCUT2D eigenvalue weighted by Crippen LogP contribution is -2.15. The summed E-state index contributed by atoms with van der Waals surface area (Å²) in [5.74, 6) is 0.415. The fourth-order valence-corrected chi connectivity index (χ4v) is 1.69. The van der Waals surface area contributed by atoms with Crippen LogP contribution in [0.3, 0.4) is 0 Å². The van der Waals surface area contributed by atoms with Crippen molar-refractivity contribution < 1.29 is 0 Å². The fourth-order valence-electron chi connectivity index (χ4n) is 1.29. The molecule has 0 aliphatic heterocycles. The number of nitrogens with one attached hydrogen (secondary N) is 1. The van der Waals surface area contributed by atoms with Gasteiger partial charge in [0.25, 0.3) is 0 Å². The maximum absolute atomic E-state index is 11.1. The smallest absolute Gasteiger partial charge is 0.349 e. The Hall–Kier alpha value is -1.82. The van der Waals surface area contributed by atoms with Crippen molar-refractivity contribution in [2.45, 2.75) is 4.90 Å². The average molecular weight is 234 g/mol.